The molecule has 9 rings (SSSR count). The molecule has 0 saturated heterocycles. The molecule has 2 aromatic heterocycles. The maximum Gasteiger partial charge on any atom is 0.164 e. The summed E-state index contributed by atoms with van der Waals surface area (Å²) in [4.78, 5) is 14.8. The quantitative estimate of drug-likeness (QED) is 0.209. The average molecular weight is 576 g/mol. The molecule has 7 aromatic carbocycles. The van der Waals surface area contributed by atoms with Gasteiger partial charge in [0.1, 0.15) is 11.2 Å². The number of benzene rings is 7. The number of para-hydroxylation sites is 1. The third-order valence-electron chi connectivity index (χ3n) is 8.51. The zero-order chi connectivity index (χ0) is 29.7. The van der Waals surface area contributed by atoms with E-state index in [2.05, 4.69) is 109 Å². The molecule has 0 N–H and O–H groups in total. The Bertz CT molecular complexity index is 2530. The molecule has 0 aliphatic carbocycles. The fourth-order valence-electron chi connectivity index (χ4n) is 6.17. The Balaban J connectivity index is 1.13. The fourth-order valence-corrected chi connectivity index (χ4v) is 6.17. The van der Waals surface area contributed by atoms with Crippen molar-refractivity contribution in [3.8, 4) is 45.3 Å². The van der Waals surface area contributed by atoms with E-state index in [1.807, 2.05) is 42.5 Å². The second kappa shape index (κ2) is 10.2. The molecule has 0 spiro atoms. The number of fused-ring (bicyclic) bond motifs is 6. The lowest BCUT2D eigenvalue weighted by Crippen LogP contribution is -2.00. The Hall–Kier alpha value is -6.13. The van der Waals surface area contributed by atoms with Gasteiger partial charge >= 0.3 is 0 Å². The van der Waals surface area contributed by atoms with Crippen LogP contribution in [-0.2, 0) is 0 Å². The number of aromatic nitrogens is 3. The van der Waals surface area contributed by atoms with Crippen molar-refractivity contribution in [3.63, 3.8) is 0 Å². The minimum atomic E-state index is 0.640. The first kappa shape index (κ1) is 25.4. The van der Waals surface area contributed by atoms with Crippen LogP contribution in [0.4, 0.5) is 0 Å². The van der Waals surface area contributed by atoms with Gasteiger partial charge in [0, 0.05) is 32.8 Å². The first-order valence-corrected chi connectivity index (χ1v) is 15.0. The monoisotopic (exact) mass is 575 g/mol. The van der Waals surface area contributed by atoms with Crippen molar-refractivity contribution >= 4 is 43.5 Å². The molecule has 210 valence electrons. The van der Waals surface area contributed by atoms with E-state index in [0.717, 1.165) is 65.9 Å². The molecule has 9 aromatic rings. The highest BCUT2D eigenvalue weighted by Gasteiger charge is 2.14. The first-order valence-electron chi connectivity index (χ1n) is 15.0. The largest absolute Gasteiger partial charge is 0.455 e. The van der Waals surface area contributed by atoms with Crippen LogP contribution in [0, 0.1) is 0 Å². The van der Waals surface area contributed by atoms with Gasteiger partial charge in [0.2, 0.25) is 0 Å². The summed E-state index contributed by atoms with van der Waals surface area (Å²) in [5.74, 6) is 1.94. The summed E-state index contributed by atoms with van der Waals surface area (Å²) in [5.41, 5.74) is 6.91. The Morgan fingerprint density at radius 2 is 0.911 bits per heavy atom. The molecule has 4 heteroatoms. The Morgan fingerprint density at radius 3 is 1.73 bits per heavy atom. The van der Waals surface area contributed by atoms with E-state index in [9.17, 15) is 0 Å². The van der Waals surface area contributed by atoms with Crippen molar-refractivity contribution in [2.24, 2.45) is 0 Å². The van der Waals surface area contributed by atoms with Crippen LogP contribution in [0.15, 0.2) is 156 Å². The summed E-state index contributed by atoms with van der Waals surface area (Å²) in [5, 5.41) is 6.87. The molecule has 45 heavy (non-hydrogen) atoms. The van der Waals surface area contributed by atoms with Gasteiger partial charge < -0.3 is 4.42 Å². The summed E-state index contributed by atoms with van der Waals surface area (Å²) in [6.45, 7) is 0. The number of furan rings is 1. The standard InChI is InChI=1S/C41H25N3O/c1-2-9-29(10-3-1)39-42-40(44-41(43-39)33-21-16-26-8-4-5-11-31(26)24-33)30-18-14-27(15-19-30)32-20-17-28-22-23-35-34-12-6-7-13-37(34)45-38(35)36(28)25-32/h1-25H. The lowest BCUT2D eigenvalue weighted by atomic mass is 9.98. The van der Waals surface area contributed by atoms with Crippen LogP contribution in [0.1, 0.15) is 0 Å². The van der Waals surface area contributed by atoms with Crippen molar-refractivity contribution in [2.75, 3.05) is 0 Å². The first-order chi connectivity index (χ1) is 22.3. The normalized spacial score (nSPS) is 11.6. The van der Waals surface area contributed by atoms with Gasteiger partial charge in [-0.2, -0.15) is 0 Å². The van der Waals surface area contributed by atoms with E-state index >= 15 is 0 Å². The van der Waals surface area contributed by atoms with Gasteiger partial charge in [-0.1, -0.05) is 127 Å². The Kier molecular flexibility index (Phi) is 5.78. The summed E-state index contributed by atoms with van der Waals surface area (Å²) < 4.78 is 6.33. The maximum absolute atomic E-state index is 6.33. The van der Waals surface area contributed by atoms with Crippen molar-refractivity contribution in [1.29, 1.82) is 0 Å². The van der Waals surface area contributed by atoms with Crippen molar-refractivity contribution < 1.29 is 4.42 Å². The third kappa shape index (κ3) is 4.43. The van der Waals surface area contributed by atoms with Gasteiger partial charge in [-0.15, -0.1) is 0 Å². The minimum Gasteiger partial charge on any atom is -0.455 e. The second-order valence-corrected chi connectivity index (χ2v) is 11.3. The van der Waals surface area contributed by atoms with E-state index < -0.39 is 0 Å². The molecule has 4 nitrogen and oxygen atoms in total. The van der Waals surface area contributed by atoms with Gasteiger partial charge in [-0.3, -0.25) is 0 Å². The molecule has 0 aliphatic heterocycles. The molecule has 0 unspecified atom stereocenters. The summed E-state index contributed by atoms with van der Waals surface area (Å²) in [6, 6.07) is 52.3. The van der Waals surface area contributed by atoms with Crippen LogP contribution < -0.4 is 0 Å². The van der Waals surface area contributed by atoms with Crippen LogP contribution in [-0.4, -0.2) is 15.0 Å². The molecule has 0 radical (unpaired) electrons. The van der Waals surface area contributed by atoms with E-state index in [4.69, 9.17) is 19.4 Å². The van der Waals surface area contributed by atoms with Crippen LogP contribution in [0.25, 0.3) is 88.8 Å². The molecule has 0 fully saturated rings. The van der Waals surface area contributed by atoms with Crippen LogP contribution >= 0.6 is 0 Å². The highest BCUT2D eigenvalue weighted by molar-refractivity contribution is 6.15. The molecule has 0 atom stereocenters. The highest BCUT2D eigenvalue weighted by atomic mass is 16.3. The predicted molar refractivity (Wildman–Crippen MR) is 184 cm³/mol. The smallest absolute Gasteiger partial charge is 0.164 e. The number of hydrogen-bond donors (Lipinski definition) is 0. The van der Waals surface area contributed by atoms with Crippen molar-refractivity contribution in [1.82, 2.24) is 15.0 Å². The molecular weight excluding hydrogens is 550 g/mol. The topological polar surface area (TPSA) is 51.8 Å². The molecule has 0 saturated carbocycles. The van der Waals surface area contributed by atoms with Crippen molar-refractivity contribution in [3.05, 3.63) is 152 Å². The fraction of sp³-hybridized carbons (Fsp3) is 0. The van der Waals surface area contributed by atoms with Gasteiger partial charge in [0.25, 0.3) is 0 Å². The summed E-state index contributed by atoms with van der Waals surface area (Å²) in [7, 11) is 0. The number of rotatable bonds is 4. The number of nitrogens with zero attached hydrogens (tertiary/aromatic N) is 3. The zero-order valence-corrected chi connectivity index (χ0v) is 24.2. The third-order valence-corrected chi connectivity index (χ3v) is 8.51. The van der Waals surface area contributed by atoms with E-state index in [1.165, 1.54) is 5.39 Å². The van der Waals surface area contributed by atoms with E-state index in [0.29, 0.717) is 17.5 Å². The average Bonchev–Trinajstić information content (AvgIpc) is 3.51. The molecule has 2 heterocycles. The van der Waals surface area contributed by atoms with E-state index in [-0.39, 0.29) is 0 Å². The van der Waals surface area contributed by atoms with Gasteiger partial charge in [-0.05, 0) is 51.6 Å². The Labute approximate surface area is 259 Å². The molecule has 0 aliphatic rings. The molecule has 0 amide bonds. The van der Waals surface area contributed by atoms with Crippen molar-refractivity contribution in [2.45, 2.75) is 0 Å². The zero-order valence-electron chi connectivity index (χ0n) is 24.2. The minimum absolute atomic E-state index is 0.640. The van der Waals surface area contributed by atoms with Crippen LogP contribution in [0.3, 0.4) is 0 Å². The summed E-state index contributed by atoms with van der Waals surface area (Å²) >= 11 is 0. The lowest BCUT2D eigenvalue weighted by Gasteiger charge is -2.10. The highest BCUT2D eigenvalue weighted by Crippen LogP contribution is 2.36. The van der Waals surface area contributed by atoms with Crippen LogP contribution in [0.2, 0.25) is 0 Å². The predicted octanol–water partition coefficient (Wildman–Crippen LogP) is 10.7. The number of hydrogen-bond acceptors (Lipinski definition) is 4. The van der Waals surface area contributed by atoms with Gasteiger partial charge in [-0.25, -0.2) is 15.0 Å². The lowest BCUT2D eigenvalue weighted by molar-refractivity contribution is 0.672. The molecular formula is C41H25N3O. The van der Waals surface area contributed by atoms with Gasteiger partial charge in [0.05, 0.1) is 0 Å². The summed E-state index contributed by atoms with van der Waals surface area (Å²) in [6.07, 6.45) is 0. The molecule has 0 bridgehead atoms. The van der Waals surface area contributed by atoms with Crippen LogP contribution in [0.5, 0.6) is 0 Å². The second-order valence-electron chi connectivity index (χ2n) is 11.3. The maximum atomic E-state index is 6.33. The SMILES string of the molecule is c1ccc(-c2nc(-c3ccc(-c4ccc5ccc6c7ccccc7oc6c5c4)cc3)nc(-c3ccc4ccccc4c3)n2)cc1. The Morgan fingerprint density at radius 1 is 0.333 bits per heavy atom. The van der Waals surface area contributed by atoms with E-state index in [1.54, 1.807) is 0 Å². The van der Waals surface area contributed by atoms with Gasteiger partial charge in [0.15, 0.2) is 17.5 Å².